The molecule has 8 heteroatoms. The van der Waals surface area contributed by atoms with Gasteiger partial charge in [-0.3, -0.25) is 4.79 Å². The van der Waals surface area contributed by atoms with Crippen LogP contribution in [0.3, 0.4) is 0 Å². The van der Waals surface area contributed by atoms with Gasteiger partial charge in [0.25, 0.3) is 5.91 Å². The summed E-state index contributed by atoms with van der Waals surface area (Å²) in [6.45, 7) is 0. The van der Waals surface area contributed by atoms with Crippen LogP contribution < -0.4 is 14.8 Å². The van der Waals surface area contributed by atoms with E-state index in [2.05, 4.69) is 48.8 Å². The van der Waals surface area contributed by atoms with Crippen molar-refractivity contribution in [3.8, 4) is 11.5 Å². The molecule has 0 atom stereocenters. The molecule has 0 saturated carbocycles. The van der Waals surface area contributed by atoms with Crippen LogP contribution in [0.15, 0.2) is 50.8 Å². The minimum Gasteiger partial charge on any atom is -0.493 e. The van der Waals surface area contributed by atoms with E-state index in [4.69, 9.17) is 9.47 Å². The third-order valence-electron chi connectivity index (χ3n) is 3.44. The number of hydrogen-bond acceptors (Lipinski definition) is 5. The summed E-state index contributed by atoms with van der Waals surface area (Å²) in [6.07, 6.45) is 1.81. The second kappa shape index (κ2) is 8.45. The van der Waals surface area contributed by atoms with Gasteiger partial charge in [0.2, 0.25) is 0 Å². The Morgan fingerprint density at radius 3 is 2.73 bits per heavy atom. The van der Waals surface area contributed by atoms with Crippen LogP contribution in [0, 0.1) is 3.57 Å². The molecule has 0 bridgehead atoms. The Morgan fingerprint density at radius 2 is 2.04 bits per heavy atom. The van der Waals surface area contributed by atoms with Crippen molar-refractivity contribution in [1.82, 2.24) is 5.32 Å². The standard InChI is InChI=1S/C18H14BrIN2O3S/c1-24-14-7-10(6-13(20)16(14)25-2)8-15-17(23)22-18(26-15)21-12-5-3-4-11(19)9-12/h3-9H,1-2H3,(H,21,22,23)/b15-8-. The predicted molar refractivity (Wildman–Crippen MR) is 117 cm³/mol. The first kappa shape index (κ1) is 19.2. The van der Waals surface area contributed by atoms with Crippen LogP contribution in [0.25, 0.3) is 6.08 Å². The lowest BCUT2D eigenvalue weighted by Gasteiger charge is -2.10. The molecule has 2 aromatic carbocycles. The van der Waals surface area contributed by atoms with Crippen molar-refractivity contribution in [1.29, 1.82) is 0 Å². The van der Waals surface area contributed by atoms with E-state index >= 15 is 0 Å². The van der Waals surface area contributed by atoms with Crippen LogP contribution >= 0.6 is 50.3 Å². The second-order valence-electron chi connectivity index (χ2n) is 5.20. The monoisotopic (exact) mass is 544 g/mol. The summed E-state index contributed by atoms with van der Waals surface area (Å²) in [5.74, 6) is 1.13. The van der Waals surface area contributed by atoms with Gasteiger partial charge in [-0.15, -0.1) is 0 Å². The fourth-order valence-electron chi connectivity index (χ4n) is 2.32. The van der Waals surface area contributed by atoms with E-state index in [1.165, 1.54) is 11.8 Å². The molecule has 5 nitrogen and oxygen atoms in total. The Hall–Kier alpha value is -1.52. The number of amidine groups is 1. The van der Waals surface area contributed by atoms with Crippen LogP contribution in [-0.4, -0.2) is 25.3 Å². The highest BCUT2D eigenvalue weighted by Crippen LogP contribution is 2.35. The maximum absolute atomic E-state index is 12.3. The Morgan fingerprint density at radius 1 is 1.23 bits per heavy atom. The van der Waals surface area contributed by atoms with Gasteiger partial charge in [0.15, 0.2) is 16.7 Å². The maximum Gasteiger partial charge on any atom is 0.264 e. The van der Waals surface area contributed by atoms with Gasteiger partial charge >= 0.3 is 0 Å². The van der Waals surface area contributed by atoms with Gasteiger partial charge in [-0.05, 0) is 76.3 Å². The largest absolute Gasteiger partial charge is 0.493 e. The molecular formula is C18H14BrIN2O3S. The molecule has 1 saturated heterocycles. The first-order valence-electron chi connectivity index (χ1n) is 7.47. The second-order valence-corrected chi connectivity index (χ2v) is 8.31. The normalized spacial score (nSPS) is 16.8. The number of benzene rings is 2. The van der Waals surface area contributed by atoms with E-state index in [9.17, 15) is 4.79 Å². The van der Waals surface area contributed by atoms with Gasteiger partial charge in [-0.1, -0.05) is 22.0 Å². The summed E-state index contributed by atoms with van der Waals surface area (Å²) >= 11 is 6.90. The first-order chi connectivity index (χ1) is 12.5. The zero-order chi connectivity index (χ0) is 18.7. The van der Waals surface area contributed by atoms with E-state index in [0.29, 0.717) is 21.6 Å². The number of thioether (sulfide) groups is 1. The Balaban J connectivity index is 1.88. The van der Waals surface area contributed by atoms with E-state index < -0.39 is 0 Å². The number of amides is 1. The van der Waals surface area contributed by atoms with E-state index in [-0.39, 0.29) is 5.91 Å². The number of rotatable bonds is 4. The fourth-order valence-corrected chi connectivity index (χ4v) is 4.39. The van der Waals surface area contributed by atoms with Crippen molar-refractivity contribution < 1.29 is 14.3 Å². The molecule has 0 aliphatic carbocycles. The smallest absolute Gasteiger partial charge is 0.264 e. The molecule has 134 valence electrons. The Labute approximate surface area is 177 Å². The predicted octanol–water partition coefficient (Wildman–Crippen LogP) is 4.96. The summed E-state index contributed by atoms with van der Waals surface area (Å²) in [6, 6.07) is 11.4. The highest BCUT2D eigenvalue weighted by atomic mass is 127. The lowest BCUT2D eigenvalue weighted by atomic mass is 10.2. The first-order valence-corrected chi connectivity index (χ1v) is 10.2. The third-order valence-corrected chi connectivity index (χ3v) is 5.65. The van der Waals surface area contributed by atoms with Gasteiger partial charge in [0.05, 0.1) is 28.4 Å². The molecule has 1 N–H and O–H groups in total. The number of aliphatic imine (C=N–C) groups is 1. The quantitative estimate of drug-likeness (QED) is 0.436. The molecule has 0 aromatic heterocycles. The van der Waals surface area contributed by atoms with Crippen molar-refractivity contribution in [2.24, 2.45) is 4.99 Å². The van der Waals surface area contributed by atoms with Gasteiger partial charge in [0, 0.05) is 4.47 Å². The van der Waals surface area contributed by atoms with Crippen molar-refractivity contribution >= 4 is 73.1 Å². The van der Waals surface area contributed by atoms with Crippen molar-refractivity contribution in [2.75, 3.05) is 14.2 Å². The number of nitrogens with one attached hydrogen (secondary N) is 1. The molecule has 26 heavy (non-hydrogen) atoms. The van der Waals surface area contributed by atoms with Crippen LogP contribution in [0.2, 0.25) is 0 Å². The van der Waals surface area contributed by atoms with E-state index in [1.807, 2.05) is 42.5 Å². The minimum absolute atomic E-state index is 0.173. The third kappa shape index (κ3) is 4.41. The Bertz CT molecular complexity index is 931. The topological polar surface area (TPSA) is 59.9 Å². The number of methoxy groups -OCH3 is 2. The highest BCUT2D eigenvalue weighted by molar-refractivity contribution is 14.1. The van der Waals surface area contributed by atoms with Crippen LogP contribution in [-0.2, 0) is 4.79 Å². The van der Waals surface area contributed by atoms with Crippen molar-refractivity contribution in [3.63, 3.8) is 0 Å². The van der Waals surface area contributed by atoms with Crippen LogP contribution in [0.5, 0.6) is 11.5 Å². The number of nitrogens with zero attached hydrogens (tertiary/aromatic N) is 1. The summed E-state index contributed by atoms with van der Waals surface area (Å²) in [5, 5.41) is 3.34. The van der Waals surface area contributed by atoms with E-state index in [1.54, 1.807) is 14.2 Å². The minimum atomic E-state index is -0.173. The number of halogens is 2. The fraction of sp³-hybridized carbons (Fsp3) is 0.111. The molecule has 1 aliphatic rings. The summed E-state index contributed by atoms with van der Waals surface area (Å²) in [5.41, 5.74) is 1.62. The maximum atomic E-state index is 12.3. The SMILES string of the molecule is COc1cc(/C=C2\SC(=Nc3cccc(Br)c3)NC2=O)cc(I)c1OC. The average molecular weight is 545 g/mol. The zero-order valence-electron chi connectivity index (χ0n) is 13.9. The lowest BCUT2D eigenvalue weighted by Crippen LogP contribution is -2.19. The number of carbonyl (C=O) groups is 1. The molecule has 1 heterocycles. The molecule has 3 rings (SSSR count). The lowest BCUT2D eigenvalue weighted by molar-refractivity contribution is -0.115. The van der Waals surface area contributed by atoms with Gasteiger partial charge in [-0.25, -0.2) is 4.99 Å². The Kier molecular flexibility index (Phi) is 6.25. The number of carbonyl (C=O) groups excluding carboxylic acids is 1. The van der Waals surface area contributed by atoms with Gasteiger partial charge in [0.1, 0.15) is 0 Å². The van der Waals surface area contributed by atoms with E-state index in [0.717, 1.165) is 19.3 Å². The summed E-state index contributed by atoms with van der Waals surface area (Å²) in [7, 11) is 3.19. The summed E-state index contributed by atoms with van der Waals surface area (Å²) in [4.78, 5) is 17.3. The van der Waals surface area contributed by atoms with Crippen molar-refractivity contribution in [3.05, 3.63) is 54.9 Å². The molecule has 0 unspecified atom stereocenters. The molecule has 1 fully saturated rings. The molecular weight excluding hydrogens is 531 g/mol. The molecule has 2 aromatic rings. The van der Waals surface area contributed by atoms with Crippen molar-refractivity contribution in [2.45, 2.75) is 0 Å². The molecule has 0 radical (unpaired) electrons. The van der Waals surface area contributed by atoms with Crippen LogP contribution in [0.4, 0.5) is 5.69 Å². The number of ether oxygens (including phenoxy) is 2. The van der Waals surface area contributed by atoms with Crippen LogP contribution in [0.1, 0.15) is 5.56 Å². The zero-order valence-corrected chi connectivity index (χ0v) is 18.4. The average Bonchev–Trinajstić information content (AvgIpc) is 2.93. The highest BCUT2D eigenvalue weighted by Gasteiger charge is 2.24. The molecule has 1 amide bonds. The van der Waals surface area contributed by atoms with Gasteiger partial charge < -0.3 is 14.8 Å². The summed E-state index contributed by atoms with van der Waals surface area (Å²) < 4.78 is 12.6. The molecule has 0 spiro atoms. The number of hydrogen-bond donors (Lipinski definition) is 1. The molecule has 1 aliphatic heterocycles. The van der Waals surface area contributed by atoms with Gasteiger partial charge in [-0.2, -0.15) is 0 Å².